The molecule has 0 unspecified atom stereocenters. The Labute approximate surface area is 129 Å². The molecule has 0 aliphatic rings. The second kappa shape index (κ2) is 5.97. The first-order chi connectivity index (χ1) is 9.86. The molecule has 0 bridgehead atoms. The van der Waals surface area contributed by atoms with E-state index in [1.165, 1.54) is 0 Å². The SMILES string of the molecule is CCn1c(C)cc(C)c(-c2n[nH]c(=S)n2CC(C)C)c1=O. The summed E-state index contributed by atoms with van der Waals surface area (Å²) in [5.74, 6) is 1.06. The Morgan fingerprint density at radius 3 is 2.57 bits per heavy atom. The number of pyridine rings is 1. The lowest BCUT2D eigenvalue weighted by Crippen LogP contribution is -2.25. The zero-order valence-electron chi connectivity index (χ0n) is 13.2. The molecule has 0 aliphatic heterocycles. The number of nitrogens with zero attached hydrogens (tertiary/aromatic N) is 3. The fourth-order valence-corrected chi connectivity index (χ4v) is 2.84. The van der Waals surface area contributed by atoms with E-state index in [9.17, 15) is 4.79 Å². The highest BCUT2D eigenvalue weighted by Gasteiger charge is 2.18. The standard InChI is InChI=1S/C15H22N4OS/c1-6-18-11(5)7-10(4)12(14(18)20)13-16-17-15(21)19(13)8-9(2)3/h7,9H,6,8H2,1-5H3,(H,17,21). The molecule has 0 spiro atoms. The number of rotatable bonds is 4. The van der Waals surface area contributed by atoms with Crippen molar-refractivity contribution >= 4 is 12.2 Å². The van der Waals surface area contributed by atoms with Crippen LogP contribution in [0.5, 0.6) is 0 Å². The minimum atomic E-state index is -0.00555. The number of H-pyrrole nitrogens is 1. The van der Waals surface area contributed by atoms with E-state index < -0.39 is 0 Å². The van der Waals surface area contributed by atoms with Crippen molar-refractivity contribution in [2.24, 2.45) is 5.92 Å². The molecular formula is C15H22N4OS. The fraction of sp³-hybridized carbons (Fsp3) is 0.533. The van der Waals surface area contributed by atoms with E-state index in [4.69, 9.17) is 12.2 Å². The number of hydrogen-bond donors (Lipinski definition) is 1. The minimum absolute atomic E-state index is 0.00555. The van der Waals surface area contributed by atoms with Gasteiger partial charge in [-0.2, -0.15) is 5.10 Å². The van der Waals surface area contributed by atoms with Crippen molar-refractivity contribution in [3.8, 4) is 11.4 Å². The molecule has 21 heavy (non-hydrogen) atoms. The summed E-state index contributed by atoms with van der Waals surface area (Å²) in [4.78, 5) is 12.8. The van der Waals surface area contributed by atoms with E-state index in [0.717, 1.165) is 17.8 Å². The molecule has 1 N–H and O–H groups in total. The number of aromatic nitrogens is 4. The van der Waals surface area contributed by atoms with Gasteiger partial charge in [0.25, 0.3) is 5.56 Å². The van der Waals surface area contributed by atoms with Crippen LogP contribution in [-0.2, 0) is 13.1 Å². The van der Waals surface area contributed by atoms with E-state index in [-0.39, 0.29) is 5.56 Å². The van der Waals surface area contributed by atoms with Gasteiger partial charge in [0.2, 0.25) is 0 Å². The van der Waals surface area contributed by atoms with Crippen LogP contribution in [0.4, 0.5) is 0 Å². The molecule has 2 aromatic heterocycles. The van der Waals surface area contributed by atoms with Gasteiger partial charge in [0, 0.05) is 18.8 Å². The van der Waals surface area contributed by atoms with Crippen molar-refractivity contribution in [3.05, 3.63) is 32.4 Å². The van der Waals surface area contributed by atoms with Crippen molar-refractivity contribution in [2.45, 2.75) is 47.7 Å². The van der Waals surface area contributed by atoms with E-state index in [0.29, 0.717) is 28.6 Å². The Morgan fingerprint density at radius 1 is 1.33 bits per heavy atom. The summed E-state index contributed by atoms with van der Waals surface area (Å²) in [7, 11) is 0. The van der Waals surface area contributed by atoms with Gasteiger partial charge < -0.3 is 4.57 Å². The summed E-state index contributed by atoms with van der Waals surface area (Å²) in [5, 5.41) is 7.11. The quantitative estimate of drug-likeness (QED) is 0.883. The second-order valence-corrected chi connectivity index (χ2v) is 6.14. The molecule has 0 fully saturated rings. The van der Waals surface area contributed by atoms with Gasteiger partial charge in [0.1, 0.15) is 0 Å². The third kappa shape index (κ3) is 2.85. The molecule has 0 saturated carbocycles. The Morgan fingerprint density at radius 2 is 2.00 bits per heavy atom. The largest absolute Gasteiger partial charge is 0.313 e. The molecule has 2 heterocycles. The van der Waals surface area contributed by atoms with Crippen LogP contribution in [0.1, 0.15) is 32.0 Å². The van der Waals surface area contributed by atoms with Gasteiger partial charge in [0.15, 0.2) is 10.6 Å². The fourth-order valence-electron chi connectivity index (χ4n) is 2.64. The maximum Gasteiger partial charge on any atom is 0.262 e. The smallest absolute Gasteiger partial charge is 0.262 e. The van der Waals surface area contributed by atoms with E-state index in [1.807, 2.05) is 31.4 Å². The summed E-state index contributed by atoms with van der Waals surface area (Å²) in [5.41, 5.74) is 2.53. The molecule has 0 saturated heterocycles. The van der Waals surface area contributed by atoms with Crippen molar-refractivity contribution < 1.29 is 0 Å². The highest BCUT2D eigenvalue weighted by Crippen LogP contribution is 2.20. The maximum atomic E-state index is 12.8. The molecule has 0 radical (unpaired) electrons. The first-order valence-electron chi connectivity index (χ1n) is 7.23. The highest BCUT2D eigenvalue weighted by molar-refractivity contribution is 7.71. The first-order valence-corrected chi connectivity index (χ1v) is 7.64. The van der Waals surface area contributed by atoms with Crippen LogP contribution in [0.25, 0.3) is 11.4 Å². The number of nitrogens with one attached hydrogen (secondary N) is 1. The Hall–Kier alpha value is -1.69. The molecular weight excluding hydrogens is 284 g/mol. The predicted octanol–water partition coefficient (Wildman–Crippen LogP) is 3.06. The van der Waals surface area contributed by atoms with Crippen LogP contribution >= 0.6 is 12.2 Å². The van der Waals surface area contributed by atoms with Gasteiger partial charge in [0.05, 0.1) is 5.56 Å². The van der Waals surface area contributed by atoms with Gasteiger partial charge in [-0.25, -0.2) is 0 Å². The lowest BCUT2D eigenvalue weighted by molar-refractivity contribution is 0.521. The molecule has 2 aromatic rings. The van der Waals surface area contributed by atoms with Gasteiger partial charge in [-0.05, 0) is 50.5 Å². The van der Waals surface area contributed by atoms with Crippen LogP contribution in [0.3, 0.4) is 0 Å². The summed E-state index contributed by atoms with van der Waals surface area (Å²) in [6, 6.07) is 2.03. The van der Waals surface area contributed by atoms with Gasteiger partial charge in [-0.3, -0.25) is 14.5 Å². The average molecular weight is 306 g/mol. The van der Waals surface area contributed by atoms with Crippen molar-refractivity contribution in [2.75, 3.05) is 0 Å². The van der Waals surface area contributed by atoms with Crippen LogP contribution in [0.2, 0.25) is 0 Å². The number of hydrogen-bond acceptors (Lipinski definition) is 3. The van der Waals surface area contributed by atoms with Crippen molar-refractivity contribution in [1.82, 2.24) is 19.3 Å². The summed E-state index contributed by atoms with van der Waals surface area (Å²) in [6.45, 7) is 11.5. The van der Waals surface area contributed by atoms with Gasteiger partial charge >= 0.3 is 0 Å². The molecule has 0 amide bonds. The Bertz CT molecular complexity index is 767. The van der Waals surface area contributed by atoms with E-state index in [2.05, 4.69) is 24.0 Å². The molecule has 6 heteroatoms. The average Bonchev–Trinajstić information content (AvgIpc) is 2.71. The highest BCUT2D eigenvalue weighted by atomic mass is 32.1. The lowest BCUT2D eigenvalue weighted by Gasteiger charge is -2.14. The zero-order valence-corrected chi connectivity index (χ0v) is 14.0. The van der Waals surface area contributed by atoms with Crippen LogP contribution in [-0.4, -0.2) is 19.3 Å². The van der Waals surface area contributed by atoms with Crippen molar-refractivity contribution in [1.29, 1.82) is 0 Å². The van der Waals surface area contributed by atoms with E-state index in [1.54, 1.807) is 4.57 Å². The zero-order chi connectivity index (χ0) is 15.7. The summed E-state index contributed by atoms with van der Waals surface area (Å²) < 4.78 is 4.24. The minimum Gasteiger partial charge on any atom is -0.313 e. The van der Waals surface area contributed by atoms with Gasteiger partial charge in [-0.1, -0.05) is 13.8 Å². The Kier molecular flexibility index (Phi) is 4.46. The second-order valence-electron chi connectivity index (χ2n) is 5.75. The number of aromatic amines is 1. The molecule has 2 rings (SSSR count). The first kappa shape index (κ1) is 15.7. The lowest BCUT2D eigenvalue weighted by atomic mass is 10.1. The van der Waals surface area contributed by atoms with Crippen LogP contribution in [0, 0.1) is 24.5 Å². The molecule has 5 nitrogen and oxygen atoms in total. The summed E-state index contributed by atoms with van der Waals surface area (Å²) >= 11 is 5.30. The van der Waals surface area contributed by atoms with Crippen LogP contribution < -0.4 is 5.56 Å². The Balaban J connectivity index is 2.74. The van der Waals surface area contributed by atoms with Crippen molar-refractivity contribution in [3.63, 3.8) is 0 Å². The van der Waals surface area contributed by atoms with E-state index >= 15 is 0 Å². The maximum absolute atomic E-state index is 12.8. The molecule has 114 valence electrons. The third-order valence-electron chi connectivity index (χ3n) is 3.55. The van der Waals surface area contributed by atoms with Gasteiger partial charge in [-0.15, -0.1) is 0 Å². The third-order valence-corrected chi connectivity index (χ3v) is 3.86. The molecule has 0 atom stereocenters. The molecule has 0 aromatic carbocycles. The summed E-state index contributed by atoms with van der Waals surface area (Å²) in [6.07, 6.45) is 0. The molecule has 0 aliphatic carbocycles. The topological polar surface area (TPSA) is 55.6 Å². The monoisotopic (exact) mass is 306 g/mol. The normalized spacial score (nSPS) is 11.3. The number of aryl methyl sites for hydroxylation is 2. The predicted molar refractivity (Wildman–Crippen MR) is 87.1 cm³/mol. The van der Waals surface area contributed by atoms with Crippen LogP contribution in [0.15, 0.2) is 10.9 Å².